The van der Waals surface area contributed by atoms with Crippen molar-refractivity contribution in [3.63, 3.8) is 0 Å². The normalized spacial score (nSPS) is 28.8. The lowest BCUT2D eigenvalue weighted by atomic mass is 9.66. The van der Waals surface area contributed by atoms with Gasteiger partial charge in [-0.05, 0) is 37.4 Å². The monoisotopic (exact) mass is 267 g/mol. The lowest BCUT2D eigenvalue weighted by molar-refractivity contribution is -0.0385. The van der Waals surface area contributed by atoms with Crippen molar-refractivity contribution < 1.29 is 4.43 Å². The van der Waals surface area contributed by atoms with Crippen LogP contribution in [0.15, 0.2) is 0 Å². The van der Waals surface area contributed by atoms with Gasteiger partial charge in [-0.2, -0.15) is 5.26 Å². The van der Waals surface area contributed by atoms with Crippen LogP contribution in [0, 0.1) is 16.7 Å². The first-order valence-corrected chi connectivity index (χ1v) is 10.00. The first-order chi connectivity index (χ1) is 7.97. The van der Waals surface area contributed by atoms with Crippen molar-refractivity contribution in [2.75, 3.05) is 0 Å². The summed E-state index contributed by atoms with van der Waals surface area (Å²) < 4.78 is 6.57. The molecule has 0 spiro atoms. The predicted octanol–water partition coefficient (Wildman–Crippen LogP) is 4.87. The van der Waals surface area contributed by atoms with Gasteiger partial charge >= 0.3 is 0 Å². The second kappa shape index (κ2) is 4.65. The molecule has 1 rings (SSSR count). The van der Waals surface area contributed by atoms with Crippen LogP contribution in [0.4, 0.5) is 0 Å². The van der Waals surface area contributed by atoms with Crippen LogP contribution in [0.5, 0.6) is 0 Å². The third kappa shape index (κ3) is 2.65. The van der Waals surface area contributed by atoms with Crippen LogP contribution < -0.4 is 0 Å². The van der Waals surface area contributed by atoms with Gasteiger partial charge in [-0.15, -0.1) is 0 Å². The third-order valence-electron chi connectivity index (χ3n) is 5.09. The van der Waals surface area contributed by atoms with Gasteiger partial charge in [0, 0.05) is 5.41 Å². The van der Waals surface area contributed by atoms with Crippen molar-refractivity contribution in [3.8, 4) is 6.07 Å². The van der Waals surface area contributed by atoms with Crippen LogP contribution in [0.1, 0.15) is 60.3 Å². The molecule has 1 aliphatic rings. The summed E-state index contributed by atoms with van der Waals surface area (Å²) in [5, 5.41) is 9.91. The molecule has 18 heavy (non-hydrogen) atoms. The molecule has 3 heteroatoms. The largest absolute Gasteiger partial charge is 0.399 e. The molecule has 0 radical (unpaired) electrons. The van der Waals surface area contributed by atoms with Crippen LogP contribution >= 0.6 is 0 Å². The molecule has 1 atom stereocenters. The highest BCUT2D eigenvalue weighted by Crippen LogP contribution is 2.50. The molecule has 0 aromatic carbocycles. The summed E-state index contributed by atoms with van der Waals surface area (Å²) >= 11 is 0. The molecule has 0 heterocycles. The van der Waals surface area contributed by atoms with E-state index in [0.29, 0.717) is 0 Å². The maximum atomic E-state index is 9.75. The van der Waals surface area contributed by atoms with Crippen LogP contribution in [-0.4, -0.2) is 13.9 Å². The Morgan fingerprint density at radius 3 is 2.00 bits per heavy atom. The van der Waals surface area contributed by atoms with Crippen molar-refractivity contribution in [2.24, 2.45) is 5.41 Å². The van der Waals surface area contributed by atoms with E-state index >= 15 is 0 Å². The Hall–Kier alpha value is -0.333. The van der Waals surface area contributed by atoms with Crippen LogP contribution in [0.2, 0.25) is 18.1 Å². The molecule has 104 valence electrons. The van der Waals surface area contributed by atoms with E-state index in [2.05, 4.69) is 53.8 Å². The van der Waals surface area contributed by atoms with Gasteiger partial charge < -0.3 is 4.43 Å². The zero-order valence-corrected chi connectivity index (χ0v) is 14.2. The first kappa shape index (κ1) is 15.7. The number of hydrogen-bond acceptors (Lipinski definition) is 2. The predicted molar refractivity (Wildman–Crippen MR) is 78.9 cm³/mol. The lowest BCUT2D eigenvalue weighted by Gasteiger charge is -2.51. The molecule has 0 aromatic heterocycles. The Kier molecular flexibility index (Phi) is 4.06. The van der Waals surface area contributed by atoms with E-state index in [1.807, 2.05) is 0 Å². The quantitative estimate of drug-likeness (QED) is 0.669. The van der Waals surface area contributed by atoms with Gasteiger partial charge in [0.15, 0.2) is 8.32 Å². The zero-order chi connectivity index (χ0) is 14.2. The Balaban J connectivity index is 3.08. The summed E-state index contributed by atoms with van der Waals surface area (Å²) in [4.78, 5) is 0. The summed E-state index contributed by atoms with van der Waals surface area (Å²) in [6.45, 7) is 15.6. The van der Waals surface area contributed by atoms with Crippen LogP contribution in [-0.2, 0) is 4.43 Å². The smallest absolute Gasteiger partial charge is 0.194 e. The highest BCUT2D eigenvalue weighted by Gasteiger charge is 2.53. The van der Waals surface area contributed by atoms with Gasteiger partial charge in [-0.3, -0.25) is 0 Å². The molecule has 1 aliphatic carbocycles. The summed E-state index contributed by atoms with van der Waals surface area (Å²) in [5.74, 6) is 0. The minimum absolute atomic E-state index is 0.0322. The van der Waals surface area contributed by atoms with Crippen molar-refractivity contribution in [2.45, 2.75) is 84.0 Å². The van der Waals surface area contributed by atoms with E-state index < -0.39 is 13.9 Å². The van der Waals surface area contributed by atoms with Crippen molar-refractivity contribution >= 4 is 8.32 Å². The highest BCUT2D eigenvalue weighted by atomic mass is 28.4. The topological polar surface area (TPSA) is 33.0 Å². The van der Waals surface area contributed by atoms with E-state index in [1.54, 1.807) is 0 Å². The summed E-state index contributed by atoms with van der Waals surface area (Å²) in [7, 11) is -1.90. The highest BCUT2D eigenvalue weighted by molar-refractivity contribution is 6.74. The molecule has 0 aliphatic heterocycles. The maximum Gasteiger partial charge on any atom is 0.194 e. The molecular formula is C15H29NOSi. The van der Waals surface area contributed by atoms with Gasteiger partial charge in [0.25, 0.3) is 0 Å². The average Bonchev–Trinajstić information content (AvgIpc) is 2.19. The molecule has 0 saturated heterocycles. The van der Waals surface area contributed by atoms with E-state index in [0.717, 1.165) is 19.3 Å². The number of hydrogen-bond donors (Lipinski definition) is 0. The SMILES string of the molecule is CC1(C)CCCCC1(C#N)O[Si](C)(C)C(C)(C)C. The maximum absolute atomic E-state index is 9.75. The Morgan fingerprint density at radius 1 is 1.11 bits per heavy atom. The summed E-state index contributed by atoms with van der Waals surface area (Å²) in [5.41, 5.74) is -0.607. The molecule has 0 bridgehead atoms. The van der Waals surface area contributed by atoms with E-state index in [-0.39, 0.29) is 10.5 Å². The van der Waals surface area contributed by atoms with Gasteiger partial charge in [-0.25, -0.2) is 0 Å². The van der Waals surface area contributed by atoms with E-state index in [4.69, 9.17) is 4.43 Å². The van der Waals surface area contributed by atoms with Gasteiger partial charge in [0.2, 0.25) is 0 Å². The Morgan fingerprint density at radius 2 is 1.61 bits per heavy atom. The fourth-order valence-electron chi connectivity index (χ4n) is 2.49. The second-order valence-corrected chi connectivity index (χ2v) is 12.6. The molecule has 0 aromatic rings. The number of rotatable bonds is 2. The van der Waals surface area contributed by atoms with Gasteiger partial charge in [0.05, 0.1) is 6.07 Å². The fourth-order valence-corrected chi connectivity index (χ4v) is 4.09. The molecule has 1 unspecified atom stereocenters. The van der Waals surface area contributed by atoms with Gasteiger partial charge in [-0.1, -0.05) is 41.0 Å². The van der Waals surface area contributed by atoms with Crippen molar-refractivity contribution in [1.82, 2.24) is 0 Å². The lowest BCUT2D eigenvalue weighted by Crippen LogP contribution is -2.56. The Labute approximate surface area is 114 Å². The van der Waals surface area contributed by atoms with E-state index in [9.17, 15) is 5.26 Å². The second-order valence-electron chi connectivity index (χ2n) is 7.89. The third-order valence-corrected chi connectivity index (χ3v) is 9.56. The van der Waals surface area contributed by atoms with Crippen LogP contribution in [0.25, 0.3) is 0 Å². The minimum Gasteiger partial charge on any atom is -0.399 e. The first-order valence-electron chi connectivity index (χ1n) is 7.09. The molecule has 2 nitrogen and oxygen atoms in total. The van der Waals surface area contributed by atoms with E-state index in [1.165, 1.54) is 6.42 Å². The summed E-state index contributed by atoms with van der Waals surface area (Å²) in [6.07, 6.45) is 4.32. The number of nitriles is 1. The summed E-state index contributed by atoms with van der Waals surface area (Å²) in [6, 6.07) is 2.55. The molecular weight excluding hydrogens is 238 g/mol. The standard InChI is InChI=1S/C15H29NOSi/c1-13(2,3)18(6,7)17-15(12-16)11-9-8-10-14(15,4)5/h8-11H2,1-7H3. The fraction of sp³-hybridized carbons (Fsp3) is 0.933. The Bertz CT molecular complexity index is 348. The zero-order valence-electron chi connectivity index (χ0n) is 13.2. The van der Waals surface area contributed by atoms with Gasteiger partial charge in [0.1, 0.15) is 5.60 Å². The van der Waals surface area contributed by atoms with Crippen LogP contribution in [0.3, 0.4) is 0 Å². The van der Waals surface area contributed by atoms with Crippen molar-refractivity contribution in [3.05, 3.63) is 0 Å². The molecule has 0 N–H and O–H groups in total. The number of nitrogens with zero attached hydrogens (tertiary/aromatic N) is 1. The van der Waals surface area contributed by atoms with Crippen molar-refractivity contribution in [1.29, 1.82) is 5.26 Å². The molecule has 1 saturated carbocycles. The average molecular weight is 267 g/mol. The minimum atomic E-state index is -1.90. The molecule has 0 amide bonds. The molecule has 1 fully saturated rings.